The summed E-state index contributed by atoms with van der Waals surface area (Å²) in [6.45, 7) is 6.39. The maximum absolute atomic E-state index is 11.7. The summed E-state index contributed by atoms with van der Waals surface area (Å²) in [7, 11) is -2.86. The van der Waals surface area contributed by atoms with Crippen molar-refractivity contribution in [3.63, 3.8) is 0 Å². The molecule has 5 heteroatoms. The SMILES string of the molecule is CCCS(=O)(=O)CCN1CCCC(C)C1CN. The smallest absolute Gasteiger partial charge is 0.151 e. The Balaban J connectivity index is 2.49. The van der Waals surface area contributed by atoms with E-state index in [4.69, 9.17) is 5.73 Å². The van der Waals surface area contributed by atoms with E-state index in [1.165, 1.54) is 6.42 Å². The molecule has 1 saturated heterocycles. The minimum atomic E-state index is -2.86. The lowest BCUT2D eigenvalue weighted by molar-refractivity contribution is 0.113. The van der Waals surface area contributed by atoms with E-state index >= 15 is 0 Å². The second kappa shape index (κ2) is 6.71. The largest absolute Gasteiger partial charge is 0.329 e. The van der Waals surface area contributed by atoms with Gasteiger partial charge in [0.1, 0.15) is 0 Å². The third-order valence-electron chi connectivity index (χ3n) is 3.68. The summed E-state index contributed by atoms with van der Waals surface area (Å²) < 4.78 is 23.4. The highest BCUT2D eigenvalue weighted by molar-refractivity contribution is 7.91. The molecule has 17 heavy (non-hydrogen) atoms. The van der Waals surface area contributed by atoms with E-state index in [0.29, 0.717) is 37.2 Å². The standard InChI is InChI=1S/C12H26N2O2S/c1-3-8-17(15,16)9-7-14-6-4-5-11(2)12(14)10-13/h11-12H,3-10,13H2,1-2H3. The maximum Gasteiger partial charge on any atom is 0.151 e. The lowest BCUT2D eigenvalue weighted by Crippen LogP contribution is -2.50. The third kappa shape index (κ3) is 4.56. The number of likely N-dealkylation sites (tertiary alicyclic amines) is 1. The van der Waals surface area contributed by atoms with Crippen LogP contribution < -0.4 is 5.73 Å². The molecule has 2 unspecified atom stereocenters. The van der Waals surface area contributed by atoms with Crippen LogP contribution in [0.4, 0.5) is 0 Å². The highest BCUT2D eigenvalue weighted by Crippen LogP contribution is 2.22. The van der Waals surface area contributed by atoms with Crippen LogP contribution in [0.3, 0.4) is 0 Å². The lowest BCUT2D eigenvalue weighted by Gasteiger charge is -2.39. The minimum Gasteiger partial charge on any atom is -0.329 e. The summed E-state index contributed by atoms with van der Waals surface area (Å²) in [6.07, 6.45) is 3.07. The van der Waals surface area contributed by atoms with Gasteiger partial charge in [-0.15, -0.1) is 0 Å². The zero-order valence-corrected chi connectivity index (χ0v) is 11.9. The monoisotopic (exact) mass is 262 g/mol. The zero-order valence-electron chi connectivity index (χ0n) is 11.1. The number of sulfone groups is 1. The van der Waals surface area contributed by atoms with Crippen molar-refractivity contribution in [3.8, 4) is 0 Å². The molecule has 0 amide bonds. The normalized spacial score (nSPS) is 27.2. The fourth-order valence-electron chi connectivity index (χ4n) is 2.66. The van der Waals surface area contributed by atoms with Crippen molar-refractivity contribution in [2.75, 3.05) is 31.1 Å². The Bertz CT molecular complexity index is 316. The van der Waals surface area contributed by atoms with Gasteiger partial charge in [0.05, 0.1) is 5.75 Å². The molecule has 1 aliphatic heterocycles. The van der Waals surface area contributed by atoms with Crippen molar-refractivity contribution >= 4 is 9.84 Å². The van der Waals surface area contributed by atoms with Crippen LogP contribution >= 0.6 is 0 Å². The van der Waals surface area contributed by atoms with Gasteiger partial charge < -0.3 is 5.73 Å². The predicted octanol–water partition coefficient (Wildman–Crippen LogP) is 0.870. The van der Waals surface area contributed by atoms with Crippen LogP contribution in [-0.4, -0.2) is 50.5 Å². The Morgan fingerprint density at radius 1 is 1.35 bits per heavy atom. The number of hydrogen-bond donors (Lipinski definition) is 1. The van der Waals surface area contributed by atoms with E-state index in [9.17, 15) is 8.42 Å². The molecule has 2 atom stereocenters. The molecule has 102 valence electrons. The van der Waals surface area contributed by atoms with Crippen LogP contribution in [0.1, 0.15) is 33.1 Å². The molecule has 4 nitrogen and oxygen atoms in total. The molecule has 1 rings (SSSR count). The van der Waals surface area contributed by atoms with E-state index in [1.54, 1.807) is 0 Å². The van der Waals surface area contributed by atoms with Gasteiger partial charge in [0.2, 0.25) is 0 Å². The molecule has 1 fully saturated rings. The molecule has 0 saturated carbocycles. The van der Waals surface area contributed by atoms with E-state index < -0.39 is 9.84 Å². The average Bonchev–Trinajstić information content (AvgIpc) is 2.26. The molecular formula is C12H26N2O2S. The van der Waals surface area contributed by atoms with Gasteiger partial charge in [-0.1, -0.05) is 13.8 Å². The number of piperidine rings is 1. The predicted molar refractivity (Wildman–Crippen MR) is 71.8 cm³/mol. The highest BCUT2D eigenvalue weighted by Gasteiger charge is 2.27. The quantitative estimate of drug-likeness (QED) is 0.771. The Morgan fingerprint density at radius 2 is 2.06 bits per heavy atom. The molecule has 0 aliphatic carbocycles. The van der Waals surface area contributed by atoms with Gasteiger partial charge in [-0.3, -0.25) is 4.90 Å². The first-order valence-electron chi connectivity index (χ1n) is 6.64. The van der Waals surface area contributed by atoms with Crippen LogP contribution in [0.25, 0.3) is 0 Å². The summed E-state index contributed by atoms with van der Waals surface area (Å²) in [5.74, 6) is 1.18. The molecule has 0 aromatic carbocycles. The van der Waals surface area contributed by atoms with E-state index in [1.807, 2.05) is 6.92 Å². The molecule has 0 spiro atoms. The molecule has 1 aliphatic rings. The van der Waals surface area contributed by atoms with E-state index in [2.05, 4.69) is 11.8 Å². The van der Waals surface area contributed by atoms with Crippen molar-refractivity contribution in [2.24, 2.45) is 11.7 Å². The Labute approximate surface area is 105 Å². The number of rotatable bonds is 6. The number of hydrogen-bond acceptors (Lipinski definition) is 4. The Hall–Kier alpha value is -0.130. The topological polar surface area (TPSA) is 63.4 Å². The molecule has 0 aromatic heterocycles. The molecular weight excluding hydrogens is 236 g/mol. The third-order valence-corrected chi connectivity index (χ3v) is 5.51. The van der Waals surface area contributed by atoms with Gasteiger partial charge in [-0.25, -0.2) is 8.42 Å². The van der Waals surface area contributed by atoms with Gasteiger partial charge in [0, 0.05) is 24.9 Å². The maximum atomic E-state index is 11.7. The fourth-order valence-corrected chi connectivity index (χ4v) is 4.00. The summed E-state index contributed by atoms with van der Waals surface area (Å²) in [5.41, 5.74) is 5.79. The highest BCUT2D eigenvalue weighted by atomic mass is 32.2. The summed E-state index contributed by atoms with van der Waals surface area (Å²) in [5, 5.41) is 0. The van der Waals surface area contributed by atoms with Crippen molar-refractivity contribution in [3.05, 3.63) is 0 Å². The van der Waals surface area contributed by atoms with Crippen LogP contribution in [0.5, 0.6) is 0 Å². The van der Waals surface area contributed by atoms with Crippen LogP contribution in [0, 0.1) is 5.92 Å². The summed E-state index contributed by atoms with van der Waals surface area (Å²) >= 11 is 0. The molecule has 0 bridgehead atoms. The van der Waals surface area contributed by atoms with E-state index in [-0.39, 0.29) is 5.75 Å². The van der Waals surface area contributed by atoms with Crippen LogP contribution in [0.15, 0.2) is 0 Å². The second-order valence-corrected chi connectivity index (χ2v) is 7.41. The lowest BCUT2D eigenvalue weighted by atomic mass is 9.91. The van der Waals surface area contributed by atoms with Gasteiger partial charge in [0.15, 0.2) is 9.84 Å². The molecule has 2 N–H and O–H groups in total. The molecule has 0 radical (unpaired) electrons. The first-order valence-corrected chi connectivity index (χ1v) is 8.47. The average molecular weight is 262 g/mol. The Kier molecular flexibility index (Phi) is 5.89. The zero-order chi connectivity index (χ0) is 12.9. The number of nitrogens with two attached hydrogens (primary N) is 1. The molecule has 0 aromatic rings. The first-order chi connectivity index (χ1) is 8.00. The summed E-state index contributed by atoms with van der Waals surface area (Å²) in [4.78, 5) is 2.27. The second-order valence-electron chi connectivity index (χ2n) is 5.11. The van der Waals surface area contributed by atoms with Crippen LogP contribution in [-0.2, 0) is 9.84 Å². The molecule has 1 heterocycles. The van der Waals surface area contributed by atoms with Crippen molar-refractivity contribution in [1.29, 1.82) is 0 Å². The fraction of sp³-hybridized carbons (Fsp3) is 1.00. The van der Waals surface area contributed by atoms with Gasteiger partial charge in [-0.2, -0.15) is 0 Å². The van der Waals surface area contributed by atoms with Crippen molar-refractivity contribution < 1.29 is 8.42 Å². The van der Waals surface area contributed by atoms with E-state index in [0.717, 1.165) is 13.0 Å². The van der Waals surface area contributed by atoms with Gasteiger partial charge in [0.25, 0.3) is 0 Å². The van der Waals surface area contributed by atoms with Gasteiger partial charge in [-0.05, 0) is 31.7 Å². The first kappa shape index (κ1) is 14.9. The minimum absolute atomic E-state index is 0.282. The van der Waals surface area contributed by atoms with Crippen LogP contribution in [0.2, 0.25) is 0 Å². The van der Waals surface area contributed by atoms with Gasteiger partial charge >= 0.3 is 0 Å². The Morgan fingerprint density at radius 3 is 2.65 bits per heavy atom. The van der Waals surface area contributed by atoms with Crippen molar-refractivity contribution in [2.45, 2.75) is 39.2 Å². The number of nitrogens with zero attached hydrogens (tertiary/aromatic N) is 1. The summed E-state index contributed by atoms with van der Waals surface area (Å²) in [6, 6.07) is 0.362. The van der Waals surface area contributed by atoms with Crippen molar-refractivity contribution in [1.82, 2.24) is 4.90 Å².